The average molecular weight is 396 g/mol. The highest BCUT2D eigenvalue weighted by atomic mass is 16.7. The van der Waals surface area contributed by atoms with E-state index >= 15 is 0 Å². The van der Waals surface area contributed by atoms with E-state index in [2.05, 4.69) is 9.80 Å². The smallest absolute Gasteiger partial charge is 0.231 e. The van der Waals surface area contributed by atoms with Crippen LogP contribution in [0.25, 0.3) is 0 Å². The van der Waals surface area contributed by atoms with Gasteiger partial charge in [0, 0.05) is 45.3 Å². The number of piperazine rings is 1. The fraction of sp³-hybridized carbons (Fsp3) is 0.700. The van der Waals surface area contributed by atoms with E-state index in [9.17, 15) is 10.2 Å². The molecular formula is C20H32N2O6. The molecule has 8 nitrogen and oxygen atoms in total. The van der Waals surface area contributed by atoms with Gasteiger partial charge in [-0.15, -0.1) is 0 Å². The molecule has 0 bridgehead atoms. The lowest BCUT2D eigenvalue weighted by molar-refractivity contribution is -0.0176. The van der Waals surface area contributed by atoms with Crippen molar-refractivity contribution < 1.29 is 29.2 Å². The molecule has 1 fully saturated rings. The Morgan fingerprint density at radius 1 is 0.929 bits per heavy atom. The Hall–Kier alpha value is -1.58. The van der Waals surface area contributed by atoms with Crippen molar-refractivity contribution in [2.24, 2.45) is 0 Å². The van der Waals surface area contributed by atoms with Crippen molar-refractivity contribution in [1.29, 1.82) is 0 Å². The average Bonchev–Trinajstić information content (AvgIpc) is 3.14. The quantitative estimate of drug-likeness (QED) is 0.594. The Morgan fingerprint density at radius 2 is 1.54 bits per heavy atom. The lowest BCUT2D eigenvalue weighted by atomic mass is 10.2. The SMILES string of the molecule is CC(C)OC[C@H](O)CN1CCN(C[C@H](O)COc2ccc3c(c2)OCO3)CC1. The predicted molar refractivity (Wildman–Crippen MR) is 104 cm³/mol. The zero-order chi connectivity index (χ0) is 19.9. The van der Waals surface area contributed by atoms with Crippen molar-refractivity contribution >= 4 is 0 Å². The summed E-state index contributed by atoms with van der Waals surface area (Å²) < 4.78 is 21.7. The molecule has 0 amide bonds. The molecule has 0 aromatic heterocycles. The van der Waals surface area contributed by atoms with Gasteiger partial charge in [0.05, 0.1) is 18.8 Å². The molecule has 1 saturated heterocycles. The van der Waals surface area contributed by atoms with Crippen LogP contribution in [0.3, 0.4) is 0 Å². The highest BCUT2D eigenvalue weighted by molar-refractivity contribution is 5.46. The molecule has 1 aromatic carbocycles. The zero-order valence-corrected chi connectivity index (χ0v) is 16.7. The largest absolute Gasteiger partial charge is 0.491 e. The summed E-state index contributed by atoms with van der Waals surface area (Å²) in [6.45, 7) is 9.41. The molecule has 2 N–H and O–H groups in total. The van der Waals surface area contributed by atoms with Crippen molar-refractivity contribution in [2.75, 3.05) is 59.3 Å². The molecule has 8 heteroatoms. The standard InChI is InChI=1S/C20H32N2O6/c1-15(2)25-12-16(23)10-21-5-7-22(8-6-21)11-17(24)13-26-18-3-4-19-20(9-18)28-14-27-19/h3-4,9,15-17,23-24H,5-8,10-14H2,1-2H3/t16-,17+/m1/s1. The van der Waals surface area contributed by atoms with Crippen LogP contribution < -0.4 is 14.2 Å². The van der Waals surface area contributed by atoms with Gasteiger partial charge in [-0.05, 0) is 26.0 Å². The van der Waals surface area contributed by atoms with E-state index in [-0.39, 0.29) is 19.5 Å². The first-order valence-electron chi connectivity index (χ1n) is 9.94. The lowest BCUT2D eigenvalue weighted by Gasteiger charge is -2.36. The molecule has 0 radical (unpaired) electrons. The summed E-state index contributed by atoms with van der Waals surface area (Å²) in [7, 11) is 0. The van der Waals surface area contributed by atoms with Crippen LogP contribution >= 0.6 is 0 Å². The third-order valence-electron chi connectivity index (χ3n) is 4.81. The first kappa shape index (κ1) is 21.1. The maximum absolute atomic E-state index is 10.3. The molecule has 1 aromatic rings. The third kappa shape index (κ3) is 6.49. The molecule has 3 rings (SSSR count). The van der Waals surface area contributed by atoms with Gasteiger partial charge in [-0.2, -0.15) is 0 Å². The van der Waals surface area contributed by atoms with Crippen molar-refractivity contribution in [3.63, 3.8) is 0 Å². The summed E-state index contributed by atoms with van der Waals surface area (Å²) in [6.07, 6.45) is -0.899. The van der Waals surface area contributed by atoms with Crippen LogP contribution in [0.4, 0.5) is 0 Å². The van der Waals surface area contributed by atoms with Gasteiger partial charge < -0.3 is 29.2 Å². The zero-order valence-electron chi connectivity index (χ0n) is 16.7. The van der Waals surface area contributed by atoms with Gasteiger partial charge in [-0.3, -0.25) is 9.80 Å². The van der Waals surface area contributed by atoms with Crippen molar-refractivity contribution in [1.82, 2.24) is 9.80 Å². The van der Waals surface area contributed by atoms with E-state index in [1.807, 2.05) is 26.0 Å². The highest BCUT2D eigenvalue weighted by Crippen LogP contribution is 2.35. The topological polar surface area (TPSA) is 83.9 Å². The van der Waals surface area contributed by atoms with Crippen LogP contribution in [-0.4, -0.2) is 97.6 Å². The number of nitrogens with zero attached hydrogens (tertiary/aromatic N) is 2. The fourth-order valence-corrected chi connectivity index (χ4v) is 3.32. The molecule has 0 unspecified atom stereocenters. The van der Waals surface area contributed by atoms with Gasteiger partial charge in [0.1, 0.15) is 18.5 Å². The van der Waals surface area contributed by atoms with E-state index in [0.29, 0.717) is 36.9 Å². The minimum Gasteiger partial charge on any atom is -0.491 e. The second-order valence-corrected chi connectivity index (χ2v) is 7.62. The van der Waals surface area contributed by atoms with E-state index in [0.717, 1.165) is 26.2 Å². The minimum atomic E-state index is -0.568. The molecule has 2 aliphatic heterocycles. The number of fused-ring (bicyclic) bond motifs is 1. The number of ether oxygens (including phenoxy) is 4. The molecule has 0 spiro atoms. The van der Waals surface area contributed by atoms with Crippen LogP contribution in [0.5, 0.6) is 17.2 Å². The summed E-state index contributed by atoms with van der Waals surface area (Å²) >= 11 is 0. The number of β-amino-alcohol motifs (C(OH)–C–C–N with tert-alkyl or cyclic N) is 2. The fourth-order valence-electron chi connectivity index (χ4n) is 3.32. The van der Waals surface area contributed by atoms with Gasteiger partial charge in [0.2, 0.25) is 6.79 Å². The first-order chi connectivity index (χ1) is 13.5. The maximum Gasteiger partial charge on any atom is 0.231 e. The lowest BCUT2D eigenvalue weighted by Crippen LogP contribution is -2.51. The third-order valence-corrected chi connectivity index (χ3v) is 4.81. The second-order valence-electron chi connectivity index (χ2n) is 7.62. The van der Waals surface area contributed by atoms with Crippen LogP contribution in [0.2, 0.25) is 0 Å². The van der Waals surface area contributed by atoms with Gasteiger partial charge in [-0.1, -0.05) is 0 Å². The monoisotopic (exact) mass is 396 g/mol. The summed E-state index contributed by atoms with van der Waals surface area (Å²) in [4.78, 5) is 4.46. The Labute approximate surface area is 166 Å². The molecule has 0 aliphatic carbocycles. The van der Waals surface area contributed by atoms with Crippen molar-refractivity contribution in [3.8, 4) is 17.2 Å². The summed E-state index contributed by atoms with van der Waals surface area (Å²) in [6, 6.07) is 5.40. The molecule has 158 valence electrons. The first-order valence-corrected chi connectivity index (χ1v) is 9.94. The Balaban J connectivity index is 1.32. The number of hydrogen-bond donors (Lipinski definition) is 2. The molecule has 2 atom stereocenters. The second kappa shape index (κ2) is 10.3. The normalized spacial score (nSPS) is 19.8. The number of hydrogen-bond acceptors (Lipinski definition) is 8. The van der Waals surface area contributed by atoms with Crippen LogP contribution in [0, 0.1) is 0 Å². The van der Waals surface area contributed by atoms with Crippen molar-refractivity contribution in [3.05, 3.63) is 18.2 Å². The Morgan fingerprint density at radius 3 is 2.18 bits per heavy atom. The molecule has 2 heterocycles. The van der Waals surface area contributed by atoms with E-state index in [1.165, 1.54) is 0 Å². The highest BCUT2D eigenvalue weighted by Gasteiger charge is 2.21. The van der Waals surface area contributed by atoms with Crippen LogP contribution in [-0.2, 0) is 4.74 Å². The van der Waals surface area contributed by atoms with Crippen LogP contribution in [0.1, 0.15) is 13.8 Å². The van der Waals surface area contributed by atoms with Gasteiger partial charge in [-0.25, -0.2) is 0 Å². The number of aliphatic hydroxyl groups is 2. The predicted octanol–water partition coefficient (Wildman–Crippen LogP) is 0.559. The number of aliphatic hydroxyl groups excluding tert-OH is 2. The molecular weight excluding hydrogens is 364 g/mol. The van der Waals surface area contributed by atoms with E-state index in [4.69, 9.17) is 18.9 Å². The number of benzene rings is 1. The minimum absolute atomic E-state index is 0.132. The van der Waals surface area contributed by atoms with E-state index in [1.54, 1.807) is 6.07 Å². The molecule has 28 heavy (non-hydrogen) atoms. The van der Waals surface area contributed by atoms with Gasteiger partial charge >= 0.3 is 0 Å². The Kier molecular flexibility index (Phi) is 7.75. The van der Waals surface area contributed by atoms with Gasteiger partial charge in [0.15, 0.2) is 11.5 Å². The Bertz CT molecular complexity index is 606. The van der Waals surface area contributed by atoms with Crippen molar-refractivity contribution in [2.45, 2.75) is 32.2 Å². The summed E-state index contributed by atoms with van der Waals surface area (Å²) in [5, 5.41) is 20.3. The van der Waals surface area contributed by atoms with Crippen LogP contribution in [0.15, 0.2) is 18.2 Å². The molecule has 0 saturated carbocycles. The summed E-state index contributed by atoms with van der Waals surface area (Å²) in [5.74, 6) is 2.04. The summed E-state index contributed by atoms with van der Waals surface area (Å²) in [5.41, 5.74) is 0. The molecule has 2 aliphatic rings. The number of rotatable bonds is 10. The van der Waals surface area contributed by atoms with E-state index < -0.39 is 12.2 Å². The maximum atomic E-state index is 10.3. The van der Waals surface area contributed by atoms with Gasteiger partial charge in [0.25, 0.3) is 0 Å².